The van der Waals surface area contributed by atoms with Crippen molar-refractivity contribution >= 4 is 0 Å². The van der Waals surface area contributed by atoms with Crippen molar-refractivity contribution < 1.29 is 20.1 Å². The Kier molecular flexibility index (Phi) is 1.62. The summed E-state index contributed by atoms with van der Waals surface area (Å²) in [4.78, 5) is 0. The fourth-order valence-corrected chi connectivity index (χ4v) is 1.52. The van der Waals surface area contributed by atoms with E-state index in [2.05, 4.69) is 5.32 Å². The van der Waals surface area contributed by atoms with Gasteiger partial charge in [0.1, 0.15) is 30.6 Å². The first kappa shape index (κ1) is 7.45. The van der Waals surface area contributed by atoms with Gasteiger partial charge in [-0.2, -0.15) is 0 Å². The van der Waals surface area contributed by atoms with Crippen LogP contribution in [0.25, 0.3) is 0 Å². The van der Waals surface area contributed by atoms with Crippen LogP contribution in [-0.4, -0.2) is 52.5 Å². The Hall–Kier alpha value is -0.200. The van der Waals surface area contributed by atoms with Gasteiger partial charge in [-0.25, -0.2) is 0 Å². The van der Waals surface area contributed by atoms with Crippen LogP contribution in [0.5, 0.6) is 0 Å². The highest BCUT2D eigenvalue weighted by atomic mass is 16.6. The van der Waals surface area contributed by atoms with Crippen LogP contribution in [0.15, 0.2) is 0 Å². The van der Waals surface area contributed by atoms with Crippen LogP contribution >= 0.6 is 0 Å². The van der Waals surface area contributed by atoms with Gasteiger partial charge in [0.25, 0.3) is 0 Å². The highest BCUT2D eigenvalue weighted by Crippen LogP contribution is 2.23. The molecule has 2 saturated heterocycles. The third kappa shape index (κ3) is 0.969. The minimum atomic E-state index is -1.09. The molecule has 0 spiro atoms. The first-order valence-electron chi connectivity index (χ1n) is 3.63. The van der Waals surface area contributed by atoms with Crippen LogP contribution in [0, 0.1) is 0 Å². The Morgan fingerprint density at radius 1 is 1.09 bits per heavy atom. The van der Waals surface area contributed by atoms with E-state index in [1.165, 1.54) is 0 Å². The zero-order valence-electron chi connectivity index (χ0n) is 5.84. The van der Waals surface area contributed by atoms with Crippen LogP contribution in [0.1, 0.15) is 0 Å². The molecule has 4 N–H and O–H groups in total. The molecule has 2 heterocycles. The molecule has 11 heavy (non-hydrogen) atoms. The molecule has 2 bridgehead atoms. The molecule has 5 heteroatoms. The minimum absolute atomic E-state index is 0.376. The number of hydrogen-bond acceptors (Lipinski definition) is 5. The molecule has 0 unspecified atom stereocenters. The Balaban J connectivity index is 2.16. The number of hydrogen-bond donors (Lipinski definition) is 4. The number of ether oxygens (including phenoxy) is 1. The largest absolute Gasteiger partial charge is 0.388 e. The summed E-state index contributed by atoms with van der Waals surface area (Å²) in [7, 11) is 0. The fourth-order valence-electron chi connectivity index (χ4n) is 1.52. The monoisotopic (exact) mass is 161 g/mol. The maximum absolute atomic E-state index is 9.26. The summed E-state index contributed by atoms with van der Waals surface area (Å²) in [6.45, 7) is 0.486. The van der Waals surface area contributed by atoms with Crippen molar-refractivity contribution in [3.63, 3.8) is 0 Å². The SMILES string of the molecule is O[C@@H]1[C@@H](O)[C@@H]2NC[C@@H](O2)[C@@H]1O. The summed E-state index contributed by atoms with van der Waals surface area (Å²) < 4.78 is 5.12. The van der Waals surface area contributed by atoms with Gasteiger partial charge in [0.15, 0.2) is 0 Å². The topological polar surface area (TPSA) is 82.0 Å². The first-order valence-corrected chi connectivity index (χ1v) is 3.63. The summed E-state index contributed by atoms with van der Waals surface area (Å²) in [6.07, 6.45) is -3.98. The van der Waals surface area contributed by atoms with Crippen LogP contribution in [-0.2, 0) is 4.74 Å². The molecular weight excluding hydrogens is 150 g/mol. The van der Waals surface area contributed by atoms with Gasteiger partial charge < -0.3 is 20.1 Å². The highest BCUT2D eigenvalue weighted by molar-refractivity contribution is 4.96. The lowest BCUT2D eigenvalue weighted by molar-refractivity contribution is -0.195. The Labute approximate surface area is 63.6 Å². The van der Waals surface area contributed by atoms with Crippen LogP contribution < -0.4 is 5.32 Å². The zero-order valence-corrected chi connectivity index (χ0v) is 5.84. The summed E-state index contributed by atoms with van der Waals surface area (Å²) in [5.74, 6) is 0. The smallest absolute Gasteiger partial charge is 0.137 e. The van der Waals surface area contributed by atoms with E-state index in [9.17, 15) is 15.3 Å². The highest BCUT2D eigenvalue weighted by Gasteiger charge is 2.47. The second-order valence-corrected chi connectivity index (χ2v) is 2.98. The van der Waals surface area contributed by atoms with E-state index < -0.39 is 24.5 Å². The quantitative estimate of drug-likeness (QED) is 0.313. The Bertz CT molecular complexity index is 145. The van der Waals surface area contributed by atoms with E-state index in [0.717, 1.165) is 0 Å². The molecule has 0 radical (unpaired) electrons. The lowest BCUT2D eigenvalue weighted by Crippen LogP contribution is -2.54. The molecule has 0 aromatic carbocycles. The summed E-state index contributed by atoms with van der Waals surface area (Å²) in [5, 5.41) is 30.5. The van der Waals surface area contributed by atoms with Crippen molar-refractivity contribution in [3.8, 4) is 0 Å². The summed E-state index contributed by atoms with van der Waals surface area (Å²) in [6, 6.07) is 0. The molecule has 5 nitrogen and oxygen atoms in total. The number of fused-ring (bicyclic) bond motifs is 2. The summed E-state index contributed by atoms with van der Waals surface area (Å²) >= 11 is 0. The van der Waals surface area contributed by atoms with E-state index in [1.807, 2.05) is 0 Å². The first-order chi connectivity index (χ1) is 5.20. The number of rotatable bonds is 0. The van der Waals surface area contributed by atoms with Crippen molar-refractivity contribution in [2.24, 2.45) is 0 Å². The van der Waals surface area contributed by atoms with Crippen molar-refractivity contribution in [1.82, 2.24) is 5.32 Å². The maximum atomic E-state index is 9.26. The fraction of sp³-hybridized carbons (Fsp3) is 1.00. The molecular formula is C6H11NO4. The van der Waals surface area contributed by atoms with E-state index >= 15 is 0 Å². The predicted octanol–water partition coefficient (Wildman–Crippen LogP) is -2.60. The molecule has 64 valence electrons. The molecule has 2 fully saturated rings. The normalized spacial score (nSPS) is 56.5. The second kappa shape index (κ2) is 2.40. The second-order valence-electron chi connectivity index (χ2n) is 2.98. The average molecular weight is 161 g/mol. The molecule has 2 aliphatic heterocycles. The van der Waals surface area contributed by atoms with Crippen molar-refractivity contribution in [2.75, 3.05) is 6.54 Å². The molecule has 2 rings (SSSR count). The van der Waals surface area contributed by atoms with Crippen molar-refractivity contribution in [1.29, 1.82) is 0 Å². The van der Waals surface area contributed by atoms with Gasteiger partial charge in [-0.15, -0.1) is 0 Å². The number of aliphatic hydroxyl groups is 3. The Morgan fingerprint density at radius 2 is 1.82 bits per heavy atom. The minimum Gasteiger partial charge on any atom is -0.388 e. The molecule has 0 aliphatic carbocycles. The number of nitrogens with one attached hydrogen (secondary N) is 1. The van der Waals surface area contributed by atoms with E-state index in [1.54, 1.807) is 0 Å². The van der Waals surface area contributed by atoms with Crippen LogP contribution in [0.4, 0.5) is 0 Å². The van der Waals surface area contributed by atoms with Gasteiger partial charge in [-0.1, -0.05) is 0 Å². The third-order valence-corrected chi connectivity index (χ3v) is 2.23. The molecule has 5 atom stereocenters. The zero-order chi connectivity index (χ0) is 8.01. The van der Waals surface area contributed by atoms with E-state index in [-0.39, 0.29) is 6.10 Å². The molecule has 0 aromatic heterocycles. The summed E-state index contributed by atoms with van der Waals surface area (Å²) in [5.41, 5.74) is 0. The van der Waals surface area contributed by atoms with E-state index in [4.69, 9.17) is 4.74 Å². The Morgan fingerprint density at radius 3 is 2.55 bits per heavy atom. The van der Waals surface area contributed by atoms with Gasteiger partial charge in [0, 0.05) is 6.54 Å². The van der Waals surface area contributed by atoms with Gasteiger partial charge in [-0.3, -0.25) is 5.32 Å². The van der Waals surface area contributed by atoms with Crippen molar-refractivity contribution in [3.05, 3.63) is 0 Å². The standard InChI is InChI=1S/C6H11NO4/c8-3-2-1-7-6(11-2)5(10)4(3)9/h2-10H,1H2/t2-,3+,4+,5-,6-/m1/s1. The molecule has 2 aliphatic rings. The maximum Gasteiger partial charge on any atom is 0.137 e. The van der Waals surface area contributed by atoms with E-state index in [0.29, 0.717) is 6.54 Å². The van der Waals surface area contributed by atoms with Crippen molar-refractivity contribution in [2.45, 2.75) is 30.6 Å². The lowest BCUT2D eigenvalue weighted by atomic mass is 10.0. The lowest BCUT2D eigenvalue weighted by Gasteiger charge is -2.33. The molecule has 0 amide bonds. The molecule has 0 saturated carbocycles. The number of aliphatic hydroxyl groups excluding tert-OH is 3. The van der Waals surface area contributed by atoms with Crippen LogP contribution in [0.2, 0.25) is 0 Å². The van der Waals surface area contributed by atoms with Gasteiger partial charge in [-0.05, 0) is 0 Å². The molecule has 0 aromatic rings. The van der Waals surface area contributed by atoms with Gasteiger partial charge in [0.05, 0.1) is 0 Å². The average Bonchev–Trinajstić information content (AvgIpc) is 2.44. The van der Waals surface area contributed by atoms with Gasteiger partial charge >= 0.3 is 0 Å². The van der Waals surface area contributed by atoms with Crippen LogP contribution in [0.3, 0.4) is 0 Å². The van der Waals surface area contributed by atoms with Gasteiger partial charge in [0.2, 0.25) is 0 Å². The predicted molar refractivity (Wildman–Crippen MR) is 34.7 cm³/mol. The third-order valence-electron chi connectivity index (χ3n) is 2.23.